The number of aromatic nitrogens is 5. The minimum absolute atomic E-state index is 0.350. The summed E-state index contributed by atoms with van der Waals surface area (Å²) < 4.78 is 3.70. The van der Waals surface area contributed by atoms with Crippen LogP contribution in [0.4, 0.5) is 0 Å². The van der Waals surface area contributed by atoms with E-state index >= 15 is 0 Å². The lowest BCUT2D eigenvalue weighted by molar-refractivity contribution is 0.303. The Bertz CT molecular complexity index is 606. The summed E-state index contributed by atoms with van der Waals surface area (Å²) in [6.45, 7) is 2.82. The molecule has 2 aromatic rings. The lowest BCUT2D eigenvalue weighted by Gasteiger charge is -2.15. The summed E-state index contributed by atoms with van der Waals surface area (Å²) in [7, 11) is 1.91. The van der Waals surface area contributed by atoms with E-state index in [1.807, 2.05) is 17.9 Å². The minimum Gasteiger partial charge on any atom is -0.295 e. The van der Waals surface area contributed by atoms with Crippen LogP contribution in [-0.2, 0) is 13.6 Å². The molecule has 1 aliphatic rings. The fourth-order valence-electron chi connectivity index (χ4n) is 2.45. The molecule has 0 aliphatic carbocycles. The molecule has 0 bridgehead atoms. The molecule has 0 aromatic carbocycles. The van der Waals surface area contributed by atoms with Gasteiger partial charge in [-0.1, -0.05) is 5.21 Å². The molecule has 7 heteroatoms. The summed E-state index contributed by atoms with van der Waals surface area (Å²) in [6.07, 6.45) is 6.29. The second-order valence-electron chi connectivity index (χ2n) is 4.85. The van der Waals surface area contributed by atoms with Crippen LogP contribution in [-0.4, -0.2) is 42.8 Å². The third kappa shape index (κ3) is 2.35. The van der Waals surface area contributed by atoms with Gasteiger partial charge in [0.15, 0.2) is 0 Å². The van der Waals surface area contributed by atoms with Crippen molar-refractivity contribution >= 4 is 0 Å². The third-order valence-corrected chi connectivity index (χ3v) is 3.55. The predicted molar refractivity (Wildman–Crippen MR) is 66.9 cm³/mol. The number of nitriles is 1. The molecule has 0 saturated carbocycles. The maximum absolute atomic E-state index is 8.82. The van der Waals surface area contributed by atoms with Gasteiger partial charge in [0.1, 0.15) is 6.07 Å². The average Bonchev–Trinajstić information content (AvgIpc) is 3.12. The van der Waals surface area contributed by atoms with E-state index in [-0.39, 0.29) is 0 Å². The van der Waals surface area contributed by atoms with Gasteiger partial charge in [0, 0.05) is 32.9 Å². The van der Waals surface area contributed by atoms with Crippen LogP contribution in [0.2, 0.25) is 0 Å². The van der Waals surface area contributed by atoms with E-state index in [4.69, 9.17) is 5.26 Å². The number of hydrogen-bond acceptors (Lipinski definition) is 5. The average molecular weight is 257 g/mol. The third-order valence-electron chi connectivity index (χ3n) is 3.55. The monoisotopic (exact) mass is 257 g/mol. The van der Waals surface area contributed by atoms with Gasteiger partial charge in [-0.3, -0.25) is 14.3 Å². The molecule has 3 heterocycles. The minimum atomic E-state index is 0.350. The summed E-state index contributed by atoms with van der Waals surface area (Å²) in [5.41, 5.74) is 1.73. The highest BCUT2D eigenvalue weighted by atomic mass is 15.4. The van der Waals surface area contributed by atoms with Crippen molar-refractivity contribution in [2.75, 3.05) is 13.1 Å². The van der Waals surface area contributed by atoms with Crippen LogP contribution in [0.1, 0.15) is 23.7 Å². The fourth-order valence-corrected chi connectivity index (χ4v) is 2.45. The topological polar surface area (TPSA) is 75.6 Å². The van der Waals surface area contributed by atoms with Gasteiger partial charge in [-0.15, -0.1) is 5.10 Å². The molecule has 3 rings (SSSR count). The fraction of sp³-hybridized carbons (Fsp3) is 0.500. The van der Waals surface area contributed by atoms with E-state index in [2.05, 4.69) is 26.4 Å². The molecule has 1 unspecified atom stereocenters. The second kappa shape index (κ2) is 4.82. The van der Waals surface area contributed by atoms with Gasteiger partial charge in [-0.2, -0.15) is 10.4 Å². The van der Waals surface area contributed by atoms with Crippen molar-refractivity contribution in [2.45, 2.75) is 19.0 Å². The SMILES string of the molecule is Cn1nncc1CN1CCC(n2cc(C#N)cn2)C1. The Morgan fingerprint density at radius 3 is 3.05 bits per heavy atom. The van der Waals surface area contributed by atoms with Gasteiger partial charge in [0.05, 0.1) is 29.7 Å². The van der Waals surface area contributed by atoms with Crippen LogP contribution in [0.25, 0.3) is 0 Å². The first kappa shape index (κ1) is 11.9. The Balaban J connectivity index is 1.64. The zero-order chi connectivity index (χ0) is 13.2. The van der Waals surface area contributed by atoms with Crippen LogP contribution >= 0.6 is 0 Å². The van der Waals surface area contributed by atoms with Crippen LogP contribution < -0.4 is 0 Å². The molecule has 0 N–H and O–H groups in total. The maximum atomic E-state index is 8.82. The number of aryl methyl sites for hydroxylation is 1. The van der Waals surface area contributed by atoms with Crippen molar-refractivity contribution in [1.82, 2.24) is 29.7 Å². The zero-order valence-electron chi connectivity index (χ0n) is 10.8. The Morgan fingerprint density at radius 1 is 1.47 bits per heavy atom. The summed E-state index contributed by atoms with van der Waals surface area (Å²) in [4.78, 5) is 2.36. The van der Waals surface area contributed by atoms with Gasteiger partial charge < -0.3 is 0 Å². The highest BCUT2D eigenvalue weighted by Gasteiger charge is 2.25. The normalized spacial score (nSPS) is 19.7. The van der Waals surface area contributed by atoms with Gasteiger partial charge in [0.2, 0.25) is 0 Å². The van der Waals surface area contributed by atoms with E-state index in [9.17, 15) is 0 Å². The molecule has 1 saturated heterocycles. The first-order chi connectivity index (χ1) is 9.26. The lowest BCUT2D eigenvalue weighted by Crippen LogP contribution is -2.22. The molecule has 19 heavy (non-hydrogen) atoms. The molecule has 0 amide bonds. The van der Waals surface area contributed by atoms with Crippen molar-refractivity contribution in [3.05, 3.63) is 29.8 Å². The van der Waals surface area contributed by atoms with E-state index < -0.39 is 0 Å². The van der Waals surface area contributed by atoms with Crippen molar-refractivity contribution in [1.29, 1.82) is 5.26 Å². The molecule has 1 aliphatic heterocycles. The Hall–Kier alpha value is -2.20. The summed E-state index contributed by atoms with van der Waals surface area (Å²) in [6, 6.07) is 2.46. The van der Waals surface area contributed by atoms with E-state index in [0.717, 1.165) is 31.7 Å². The molecular formula is C12H15N7. The van der Waals surface area contributed by atoms with Crippen molar-refractivity contribution in [3.63, 3.8) is 0 Å². The first-order valence-electron chi connectivity index (χ1n) is 6.26. The maximum Gasteiger partial charge on any atom is 0.102 e. The molecular weight excluding hydrogens is 242 g/mol. The predicted octanol–water partition coefficient (Wildman–Crippen LogP) is 0.330. The van der Waals surface area contributed by atoms with E-state index in [0.29, 0.717) is 11.6 Å². The molecule has 2 aromatic heterocycles. The number of hydrogen-bond donors (Lipinski definition) is 0. The molecule has 7 nitrogen and oxygen atoms in total. The first-order valence-corrected chi connectivity index (χ1v) is 6.26. The van der Waals surface area contributed by atoms with Crippen LogP contribution in [0.5, 0.6) is 0 Å². The summed E-state index contributed by atoms with van der Waals surface area (Å²) in [5.74, 6) is 0. The number of rotatable bonds is 3. The molecule has 98 valence electrons. The van der Waals surface area contributed by atoms with Gasteiger partial charge in [0.25, 0.3) is 0 Å². The van der Waals surface area contributed by atoms with Crippen LogP contribution in [0, 0.1) is 11.3 Å². The quantitative estimate of drug-likeness (QED) is 0.792. The number of likely N-dealkylation sites (tertiary alicyclic amines) is 1. The molecule has 0 spiro atoms. The van der Waals surface area contributed by atoms with Gasteiger partial charge in [-0.05, 0) is 6.42 Å². The van der Waals surface area contributed by atoms with Crippen molar-refractivity contribution in [2.24, 2.45) is 7.05 Å². The lowest BCUT2D eigenvalue weighted by atomic mass is 10.3. The van der Waals surface area contributed by atoms with E-state index in [1.54, 1.807) is 17.1 Å². The smallest absolute Gasteiger partial charge is 0.102 e. The largest absolute Gasteiger partial charge is 0.295 e. The van der Waals surface area contributed by atoms with Gasteiger partial charge >= 0.3 is 0 Å². The van der Waals surface area contributed by atoms with Gasteiger partial charge in [-0.25, -0.2) is 0 Å². The standard InChI is InChI=1S/C12H15N7/c1-17-12(6-14-16-17)9-18-3-2-11(8-18)19-7-10(4-13)5-15-19/h5-7,11H,2-3,8-9H2,1H3. The number of nitrogens with zero attached hydrogens (tertiary/aromatic N) is 7. The van der Waals surface area contributed by atoms with Crippen molar-refractivity contribution in [3.8, 4) is 6.07 Å². The molecule has 1 atom stereocenters. The van der Waals surface area contributed by atoms with Crippen LogP contribution in [0.15, 0.2) is 18.6 Å². The second-order valence-corrected chi connectivity index (χ2v) is 4.85. The molecule has 0 radical (unpaired) electrons. The Morgan fingerprint density at radius 2 is 2.37 bits per heavy atom. The zero-order valence-corrected chi connectivity index (χ0v) is 10.8. The Kier molecular flexibility index (Phi) is 3.01. The highest BCUT2D eigenvalue weighted by molar-refractivity contribution is 5.22. The van der Waals surface area contributed by atoms with Crippen LogP contribution in [0.3, 0.4) is 0 Å². The summed E-state index contributed by atoms with van der Waals surface area (Å²) in [5, 5.41) is 20.9. The highest BCUT2D eigenvalue weighted by Crippen LogP contribution is 2.22. The molecule has 1 fully saturated rings. The Labute approximate surface area is 111 Å². The van der Waals surface area contributed by atoms with Crippen molar-refractivity contribution < 1.29 is 0 Å². The summed E-state index contributed by atoms with van der Waals surface area (Å²) >= 11 is 0. The van der Waals surface area contributed by atoms with E-state index in [1.165, 1.54) is 0 Å².